The maximum atomic E-state index is 2.36. The van der Waals surface area contributed by atoms with Crippen molar-refractivity contribution in [2.45, 2.75) is 98.8 Å². The van der Waals surface area contributed by atoms with Crippen LogP contribution in [0.4, 0.5) is 0 Å². The molecule has 0 radical (unpaired) electrons. The SMILES string of the molecule is CC1(C)CCCC1.CCCCC(CC)CCC. The Kier molecular flexibility index (Phi) is 9.97. The molecule has 0 heterocycles. The summed E-state index contributed by atoms with van der Waals surface area (Å²) in [4.78, 5) is 0. The molecule has 0 aromatic heterocycles. The summed E-state index contributed by atoms with van der Waals surface area (Å²) in [7, 11) is 0. The first-order chi connectivity index (χ1) is 8.05. The smallest absolute Gasteiger partial charge is 0.0354 e. The van der Waals surface area contributed by atoms with Crippen molar-refractivity contribution in [3.63, 3.8) is 0 Å². The minimum Gasteiger partial charge on any atom is -0.0654 e. The molecule has 0 nitrogen and oxygen atoms in total. The molecular formula is C17H36. The minimum atomic E-state index is 0.694. The Balaban J connectivity index is 0.000000318. The Hall–Kier alpha value is 0. The van der Waals surface area contributed by atoms with Crippen LogP contribution >= 0.6 is 0 Å². The van der Waals surface area contributed by atoms with E-state index in [4.69, 9.17) is 0 Å². The van der Waals surface area contributed by atoms with Crippen LogP contribution in [0.5, 0.6) is 0 Å². The van der Waals surface area contributed by atoms with Gasteiger partial charge in [0.05, 0.1) is 0 Å². The summed E-state index contributed by atoms with van der Waals surface area (Å²) >= 11 is 0. The van der Waals surface area contributed by atoms with Crippen LogP contribution in [0.1, 0.15) is 98.8 Å². The quantitative estimate of drug-likeness (QED) is 0.491. The molecule has 1 saturated carbocycles. The predicted molar refractivity (Wildman–Crippen MR) is 80.5 cm³/mol. The molecule has 0 heteroatoms. The second kappa shape index (κ2) is 9.97. The van der Waals surface area contributed by atoms with Crippen molar-refractivity contribution < 1.29 is 0 Å². The molecule has 0 saturated heterocycles. The fourth-order valence-electron chi connectivity index (χ4n) is 2.79. The van der Waals surface area contributed by atoms with E-state index in [-0.39, 0.29) is 0 Å². The molecule has 1 atom stereocenters. The second-order valence-corrected chi connectivity index (χ2v) is 6.58. The summed E-state index contributed by atoms with van der Waals surface area (Å²) < 4.78 is 0. The van der Waals surface area contributed by atoms with Crippen LogP contribution in [-0.2, 0) is 0 Å². The Labute approximate surface area is 111 Å². The average molecular weight is 240 g/mol. The molecule has 17 heavy (non-hydrogen) atoms. The zero-order valence-corrected chi connectivity index (χ0v) is 13.1. The van der Waals surface area contributed by atoms with Crippen molar-refractivity contribution in [3.05, 3.63) is 0 Å². The van der Waals surface area contributed by atoms with Gasteiger partial charge in [0.15, 0.2) is 0 Å². The molecule has 1 aliphatic carbocycles. The predicted octanol–water partition coefficient (Wildman–Crippen LogP) is 6.59. The van der Waals surface area contributed by atoms with Gasteiger partial charge in [0, 0.05) is 0 Å². The van der Waals surface area contributed by atoms with Crippen molar-refractivity contribution in [1.29, 1.82) is 0 Å². The average Bonchev–Trinajstić information content (AvgIpc) is 2.70. The van der Waals surface area contributed by atoms with Gasteiger partial charge in [-0.2, -0.15) is 0 Å². The summed E-state index contributed by atoms with van der Waals surface area (Å²) in [6, 6.07) is 0. The normalized spacial score (nSPS) is 19.6. The Morgan fingerprint density at radius 1 is 0.882 bits per heavy atom. The van der Waals surface area contributed by atoms with Crippen molar-refractivity contribution >= 4 is 0 Å². The third kappa shape index (κ3) is 9.68. The maximum absolute atomic E-state index is 2.36. The van der Waals surface area contributed by atoms with E-state index in [0.717, 1.165) is 5.92 Å². The zero-order chi connectivity index (χ0) is 13.1. The Morgan fingerprint density at radius 2 is 1.47 bits per heavy atom. The van der Waals surface area contributed by atoms with E-state index >= 15 is 0 Å². The monoisotopic (exact) mass is 240 g/mol. The Bertz CT molecular complexity index is 149. The van der Waals surface area contributed by atoms with Gasteiger partial charge in [0.2, 0.25) is 0 Å². The molecule has 0 amide bonds. The molecule has 1 rings (SSSR count). The first-order valence-electron chi connectivity index (χ1n) is 8.05. The van der Waals surface area contributed by atoms with Gasteiger partial charge in [-0.05, 0) is 24.2 Å². The third-order valence-electron chi connectivity index (χ3n) is 4.20. The van der Waals surface area contributed by atoms with Crippen LogP contribution in [0.15, 0.2) is 0 Å². The lowest BCUT2D eigenvalue weighted by Crippen LogP contribution is -2.01. The van der Waals surface area contributed by atoms with Gasteiger partial charge in [0.25, 0.3) is 0 Å². The molecule has 0 aromatic rings. The highest BCUT2D eigenvalue weighted by molar-refractivity contribution is 4.74. The lowest BCUT2D eigenvalue weighted by Gasteiger charge is -2.13. The summed E-state index contributed by atoms with van der Waals surface area (Å²) in [5.74, 6) is 1.02. The number of hydrogen-bond donors (Lipinski definition) is 0. The first kappa shape index (κ1) is 17.0. The molecular weight excluding hydrogens is 204 g/mol. The zero-order valence-electron chi connectivity index (χ0n) is 13.1. The highest BCUT2D eigenvalue weighted by Crippen LogP contribution is 2.36. The molecule has 0 bridgehead atoms. The summed E-state index contributed by atoms with van der Waals surface area (Å²) in [6.07, 6.45) is 14.3. The van der Waals surface area contributed by atoms with Crippen molar-refractivity contribution in [2.24, 2.45) is 11.3 Å². The lowest BCUT2D eigenvalue weighted by molar-refractivity contribution is 0.382. The third-order valence-corrected chi connectivity index (χ3v) is 4.20. The molecule has 1 aliphatic rings. The topological polar surface area (TPSA) is 0 Å². The van der Waals surface area contributed by atoms with Crippen molar-refractivity contribution in [3.8, 4) is 0 Å². The largest absolute Gasteiger partial charge is 0.0654 e. The van der Waals surface area contributed by atoms with E-state index in [1.165, 1.54) is 64.2 Å². The molecule has 1 fully saturated rings. The molecule has 0 aromatic carbocycles. The summed E-state index contributed by atoms with van der Waals surface area (Å²) in [5.41, 5.74) is 0.694. The fourth-order valence-corrected chi connectivity index (χ4v) is 2.79. The van der Waals surface area contributed by atoms with Crippen molar-refractivity contribution in [1.82, 2.24) is 0 Å². The van der Waals surface area contributed by atoms with Crippen LogP contribution in [0.25, 0.3) is 0 Å². The summed E-state index contributed by atoms with van der Waals surface area (Å²) in [6.45, 7) is 11.6. The lowest BCUT2D eigenvalue weighted by atomic mass is 9.92. The fraction of sp³-hybridized carbons (Fsp3) is 1.00. The van der Waals surface area contributed by atoms with Crippen LogP contribution in [-0.4, -0.2) is 0 Å². The van der Waals surface area contributed by atoms with Crippen molar-refractivity contribution in [2.75, 3.05) is 0 Å². The van der Waals surface area contributed by atoms with E-state index in [9.17, 15) is 0 Å². The maximum Gasteiger partial charge on any atom is -0.0354 e. The second-order valence-electron chi connectivity index (χ2n) is 6.58. The number of hydrogen-bond acceptors (Lipinski definition) is 0. The van der Waals surface area contributed by atoms with Gasteiger partial charge in [-0.1, -0.05) is 86.0 Å². The first-order valence-corrected chi connectivity index (χ1v) is 8.05. The van der Waals surface area contributed by atoms with Gasteiger partial charge in [-0.15, -0.1) is 0 Å². The van der Waals surface area contributed by atoms with E-state index in [1.807, 2.05) is 0 Å². The highest BCUT2D eigenvalue weighted by atomic mass is 14.3. The van der Waals surface area contributed by atoms with Crippen LogP contribution in [0.3, 0.4) is 0 Å². The van der Waals surface area contributed by atoms with Gasteiger partial charge < -0.3 is 0 Å². The molecule has 1 unspecified atom stereocenters. The molecule has 0 spiro atoms. The van der Waals surface area contributed by atoms with Gasteiger partial charge >= 0.3 is 0 Å². The van der Waals surface area contributed by atoms with E-state index in [0.29, 0.717) is 5.41 Å². The van der Waals surface area contributed by atoms with Crippen LogP contribution in [0, 0.1) is 11.3 Å². The van der Waals surface area contributed by atoms with Gasteiger partial charge in [-0.25, -0.2) is 0 Å². The van der Waals surface area contributed by atoms with E-state index in [2.05, 4.69) is 34.6 Å². The van der Waals surface area contributed by atoms with Gasteiger partial charge in [0.1, 0.15) is 0 Å². The van der Waals surface area contributed by atoms with Gasteiger partial charge in [-0.3, -0.25) is 0 Å². The number of unbranched alkanes of at least 4 members (excludes halogenated alkanes) is 1. The van der Waals surface area contributed by atoms with E-state index < -0.39 is 0 Å². The highest BCUT2D eigenvalue weighted by Gasteiger charge is 2.21. The molecule has 0 aliphatic heterocycles. The Morgan fingerprint density at radius 3 is 1.76 bits per heavy atom. The molecule has 104 valence electrons. The van der Waals surface area contributed by atoms with Crippen LogP contribution in [0.2, 0.25) is 0 Å². The number of rotatable bonds is 6. The summed E-state index contributed by atoms with van der Waals surface area (Å²) in [5, 5.41) is 0. The minimum absolute atomic E-state index is 0.694. The van der Waals surface area contributed by atoms with E-state index in [1.54, 1.807) is 0 Å². The van der Waals surface area contributed by atoms with Crippen LogP contribution < -0.4 is 0 Å². The standard InChI is InChI=1S/C10H22.C7H14/c1-4-7-9-10(6-3)8-5-2;1-7(2)5-3-4-6-7/h10H,4-9H2,1-3H3;3-6H2,1-2H3. The molecule has 0 N–H and O–H groups in total.